The van der Waals surface area contributed by atoms with Gasteiger partial charge in [0.2, 0.25) is 0 Å². The molecule has 0 radical (unpaired) electrons. The van der Waals surface area contributed by atoms with Crippen molar-refractivity contribution in [1.82, 2.24) is 10.1 Å². The molecule has 0 bridgehead atoms. The number of urea groups is 1. The number of amides is 2. The van der Waals surface area contributed by atoms with Crippen LogP contribution in [0.4, 0.5) is 10.5 Å². The van der Waals surface area contributed by atoms with E-state index in [1.165, 1.54) is 5.56 Å². The van der Waals surface area contributed by atoms with Crippen molar-refractivity contribution in [3.05, 3.63) is 46.8 Å². The summed E-state index contributed by atoms with van der Waals surface area (Å²) in [5, 5.41) is 7.03. The van der Waals surface area contributed by atoms with Gasteiger partial charge in [-0.3, -0.25) is 0 Å². The molecule has 0 aliphatic carbocycles. The van der Waals surface area contributed by atoms with Crippen molar-refractivity contribution in [2.24, 2.45) is 0 Å². The SMILES string of the molecule is CCc1ccc(NC(=O)N2CCC[C@@H]2c2c(C)noc2C)cc1. The Kier molecular flexibility index (Phi) is 4.37. The zero-order valence-electron chi connectivity index (χ0n) is 13.9. The highest BCUT2D eigenvalue weighted by molar-refractivity contribution is 5.89. The number of aryl methyl sites for hydroxylation is 3. The number of hydrogen-bond acceptors (Lipinski definition) is 3. The smallest absolute Gasteiger partial charge is 0.322 e. The Morgan fingerprint density at radius 2 is 2.09 bits per heavy atom. The summed E-state index contributed by atoms with van der Waals surface area (Å²) in [4.78, 5) is 14.6. The highest BCUT2D eigenvalue weighted by Crippen LogP contribution is 2.35. The number of carbonyl (C=O) groups is 1. The maximum atomic E-state index is 12.7. The molecule has 1 saturated heterocycles. The average molecular weight is 313 g/mol. The lowest BCUT2D eigenvalue weighted by Gasteiger charge is -2.25. The summed E-state index contributed by atoms with van der Waals surface area (Å²) in [7, 11) is 0. The lowest BCUT2D eigenvalue weighted by Crippen LogP contribution is -2.34. The molecule has 0 saturated carbocycles. The normalized spacial score (nSPS) is 17.5. The molecule has 1 aliphatic rings. The van der Waals surface area contributed by atoms with Crippen LogP contribution in [0.3, 0.4) is 0 Å². The first-order valence-electron chi connectivity index (χ1n) is 8.19. The maximum absolute atomic E-state index is 12.7. The lowest BCUT2D eigenvalue weighted by atomic mass is 10.0. The fraction of sp³-hybridized carbons (Fsp3) is 0.444. The van der Waals surface area contributed by atoms with E-state index < -0.39 is 0 Å². The molecule has 0 spiro atoms. The molecule has 1 aromatic carbocycles. The highest BCUT2D eigenvalue weighted by atomic mass is 16.5. The van der Waals surface area contributed by atoms with Gasteiger partial charge in [0.15, 0.2) is 0 Å². The number of anilines is 1. The second-order valence-electron chi connectivity index (χ2n) is 6.07. The van der Waals surface area contributed by atoms with Gasteiger partial charge < -0.3 is 14.7 Å². The van der Waals surface area contributed by atoms with Crippen LogP contribution < -0.4 is 5.32 Å². The van der Waals surface area contributed by atoms with Gasteiger partial charge >= 0.3 is 6.03 Å². The minimum atomic E-state index is -0.0586. The molecule has 5 heteroatoms. The quantitative estimate of drug-likeness (QED) is 0.923. The van der Waals surface area contributed by atoms with Crippen molar-refractivity contribution in [1.29, 1.82) is 0 Å². The fourth-order valence-electron chi connectivity index (χ4n) is 3.29. The van der Waals surface area contributed by atoms with Crippen molar-refractivity contribution in [3.63, 3.8) is 0 Å². The molecule has 1 atom stereocenters. The van der Waals surface area contributed by atoms with Gasteiger partial charge in [0.25, 0.3) is 0 Å². The van der Waals surface area contributed by atoms with Crippen LogP contribution in [-0.4, -0.2) is 22.6 Å². The second-order valence-corrected chi connectivity index (χ2v) is 6.07. The van der Waals surface area contributed by atoms with Crippen molar-refractivity contribution < 1.29 is 9.32 Å². The summed E-state index contributed by atoms with van der Waals surface area (Å²) in [6.45, 7) is 6.72. The summed E-state index contributed by atoms with van der Waals surface area (Å²) >= 11 is 0. The maximum Gasteiger partial charge on any atom is 0.322 e. The molecular weight excluding hydrogens is 290 g/mol. The number of aromatic nitrogens is 1. The van der Waals surface area contributed by atoms with Crippen LogP contribution in [0.1, 0.15) is 48.4 Å². The van der Waals surface area contributed by atoms with Gasteiger partial charge in [-0.1, -0.05) is 24.2 Å². The van der Waals surface area contributed by atoms with Gasteiger partial charge in [-0.2, -0.15) is 0 Å². The van der Waals surface area contributed by atoms with Gasteiger partial charge in [0.1, 0.15) is 5.76 Å². The Hall–Kier alpha value is -2.30. The minimum absolute atomic E-state index is 0.0520. The van der Waals surface area contributed by atoms with Gasteiger partial charge in [-0.25, -0.2) is 4.79 Å². The molecular formula is C18H23N3O2. The summed E-state index contributed by atoms with van der Waals surface area (Å²) in [5.41, 5.74) is 4.02. The van der Waals surface area contributed by atoms with E-state index in [0.29, 0.717) is 0 Å². The third kappa shape index (κ3) is 3.09. The number of carbonyl (C=O) groups excluding carboxylic acids is 1. The molecule has 2 aromatic rings. The Labute approximate surface area is 136 Å². The van der Waals surface area contributed by atoms with E-state index in [9.17, 15) is 4.79 Å². The second kappa shape index (κ2) is 6.44. The van der Waals surface area contributed by atoms with Crippen LogP contribution in [-0.2, 0) is 6.42 Å². The molecule has 2 amide bonds. The first-order valence-corrected chi connectivity index (χ1v) is 8.19. The molecule has 2 heterocycles. The predicted molar refractivity (Wildman–Crippen MR) is 89.5 cm³/mol. The van der Waals surface area contributed by atoms with Crippen LogP contribution in [0.15, 0.2) is 28.8 Å². The molecule has 1 fully saturated rings. The van der Waals surface area contributed by atoms with E-state index in [1.807, 2.05) is 43.0 Å². The number of benzene rings is 1. The van der Waals surface area contributed by atoms with Crippen LogP contribution in [0, 0.1) is 13.8 Å². The Morgan fingerprint density at radius 1 is 1.35 bits per heavy atom. The van der Waals surface area contributed by atoms with E-state index in [2.05, 4.69) is 17.4 Å². The Bertz CT molecular complexity index is 671. The van der Waals surface area contributed by atoms with Gasteiger partial charge in [0, 0.05) is 17.8 Å². The summed E-state index contributed by atoms with van der Waals surface area (Å²) in [5.74, 6) is 0.805. The first kappa shape index (κ1) is 15.6. The van der Waals surface area contributed by atoms with E-state index >= 15 is 0 Å². The molecule has 1 N–H and O–H groups in total. The molecule has 0 unspecified atom stereocenters. The van der Waals surface area contributed by atoms with Crippen molar-refractivity contribution in [2.75, 3.05) is 11.9 Å². The van der Waals surface area contributed by atoms with E-state index in [4.69, 9.17) is 4.52 Å². The Morgan fingerprint density at radius 3 is 2.70 bits per heavy atom. The average Bonchev–Trinajstić information content (AvgIpc) is 3.14. The largest absolute Gasteiger partial charge is 0.361 e. The van der Waals surface area contributed by atoms with Crippen molar-refractivity contribution >= 4 is 11.7 Å². The van der Waals surface area contributed by atoms with Gasteiger partial charge in [0.05, 0.1) is 11.7 Å². The first-order chi connectivity index (χ1) is 11.1. The summed E-state index contributed by atoms with van der Waals surface area (Å²) in [6, 6.07) is 8.00. The third-order valence-electron chi connectivity index (χ3n) is 4.55. The number of rotatable bonds is 3. The molecule has 1 aliphatic heterocycles. The summed E-state index contributed by atoms with van der Waals surface area (Å²) in [6.07, 6.45) is 2.94. The van der Waals surface area contributed by atoms with Gasteiger partial charge in [-0.05, 0) is 50.8 Å². The molecule has 3 rings (SSSR count). The van der Waals surface area contributed by atoms with Crippen LogP contribution in [0.2, 0.25) is 0 Å². The Balaban J connectivity index is 1.75. The summed E-state index contributed by atoms with van der Waals surface area (Å²) < 4.78 is 5.27. The van der Waals surface area contributed by atoms with Crippen LogP contribution in [0.25, 0.3) is 0 Å². The monoisotopic (exact) mass is 313 g/mol. The topological polar surface area (TPSA) is 58.4 Å². The van der Waals surface area contributed by atoms with E-state index in [1.54, 1.807) is 0 Å². The number of hydrogen-bond donors (Lipinski definition) is 1. The predicted octanol–water partition coefficient (Wildman–Crippen LogP) is 4.22. The van der Waals surface area contributed by atoms with Crippen LogP contribution in [0.5, 0.6) is 0 Å². The molecule has 1 aromatic heterocycles. The number of likely N-dealkylation sites (tertiary alicyclic amines) is 1. The number of nitrogens with zero attached hydrogens (tertiary/aromatic N) is 2. The van der Waals surface area contributed by atoms with E-state index in [-0.39, 0.29) is 12.1 Å². The minimum Gasteiger partial charge on any atom is -0.361 e. The zero-order chi connectivity index (χ0) is 16.4. The van der Waals surface area contributed by atoms with Crippen LogP contribution >= 0.6 is 0 Å². The zero-order valence-corrected chi connectivity index (χ0v) is 13.9. The fourth-order valence-corrected chi connectivity index (χ4v) is 3.29. The molecule has 5 nitrogen and oxygen atoms in total. The third-order valence-corrected chi connectivity index (χ3v) is 4.55. The van der Waals surface area contributed by atoms with Crippen molar-refractivity contribution in [3.8, 4) is 0 Å². The lowest BCUT2D eigenvalue weighted by molar-refractivity contribution is 0.206. The van der Waals surface area contributed by atoms with Crippen molar-refractivity contribution in [2.45, 2.75) is 46.1 Å². The standard InChI is InChI=1S/C18H23N3O2/c1-4-14-7-9-15(10-8-14)19-18(22)21-11-5-6-16(21)17-12(2)20-23-13(17)3/h7-10,16H,4-6,11H2,1-3H3,(H,19,22)/t16-/m1/s1. The molecule has 122 valence electrons. The molecule has 23 heavy (non-hydrogen) atoms. The van der Waals surface area contributed by atoms with Gasteiger partial charge in [-0.15, -0.1) is 0 Å². The number of nitrogens with one attached hydrogen (secondary N) is 1. The van der Waals surface area contributed by atoms with E-state index in [0.717, 1.165) is 48.5 Å². The highest BCUT2D eigenvalue weighted by Gasteiger charge is 2.33.